The van der Waals surface area contributed by atoms with Gasteiger partial charge in [0, 0.05) is 16.8 Å². The van der Waals surface area contributed by atoms with Gasteiger partial charge in [0.2, 0.25) is 5.91 Å². The van der Waals surface area contributed by atoms with Crippen molar-refractivity contribution in [2.45, 2.75) is 27.2 Å². The topological polar surface area (TPSA) is 29.1 Å². The SMILES string of the molecule is CC1=C(C=CC(=O)Nc2ccc(Cl)cc2)C(C)(C)CC=C1. The largest absolute Gasteiger partial charge is 0.323 e. The van der Waals surface area contributed by atoms with E-state index < -0.39 is 0 Å². The molecule has 0 unspecified atom stereocenters. The van der Waals surface area contributed by atoms with E-state index in [0.29, 0.717) is 5.02 Å². The monoisotopic (exact) mass is 301 g/mol. The molecule has 0 radical (unpaired) electrons. The number of hydrogen-bond donors (Lipinski definition) is 1. The summed E-state index contributed by atoms with van der Waals surface area (Å²) in [6.45, 7) is 6.46. The van der Waals surface area contributed by atoms with E-state index in [1.54, 1.807) is 30.3 Å². The second-order valence-electron chi connectivity index (χ2n) is 5.92. The zero-order valence-corrected chi connectivity index (χ0v) is 13.4. The first-order chi connectivity index (χ1) is 9.88. The summed E-state index contributed by atoms with van der Waals surface area (Å²) in [5.41, 5.74) is 3.22. The van der Waals surface area contributed by atoms with E-state index in [1.165, 1.54) is 11.1 Å². The first-order valence-corrected chi connectivity index (χ1v) is 7.39. The van der Waals surface area contributed by atoms with E-state index in [0.717, 1.165) is 12.1 Å². The molecule has 1 aromatic rings. The normalized spacial score (nSPS) is 17.3. The van der Waals surface area contributed by atoms with E-state index in [4.69, 9.17) is 11.6 Å². The van der Waals surface area contributed by atoms with E-state index in [2.05, 4.69) is 38.2 Å². The molecule has 0 bridgehead atoms. The van der Waals surface area contributed by atoms with Crippen LogP contribution in [-0.2, 0) is 4.79 Å². The molecular weight excluding hydrogens is 282 g/mol. The number of carbonyl (C=O) groups is 1. The van der Waals surface area contributed by atoms with Gasteiger partial charge in [-0.2, -0.15) is 0 Å². The lowest BCUT2D eigenvalue weighted by molar-refractivity contribution is -0.111. The van der Waals surface area contributed by atoms with Crippen LogP contribution in [0.25, 0.3) is 0 Å². The summed E-state index contributed by atoms with van der Waals surface area (Å²) in [7, 11) is 0. The third-order valence-corrected chi connectivity index (χ3v) is 3.92. The van der Waals surface area contributed by atoms with Crippen LogP contribution >= 0.6 is 11.6 Å². The number of allylic oxidation sites excluding steroid dienone is 5. The Balaban J connectivity index is 2.08. The molecule has 1 N–H and O–H groups in total. The highest BCUT2D eigenvalue weighted by molar-refractivity contribution is 6.30. The minimum absolute atomic E-state index is 0.0654. The van der Waals surface area contributed by atoms with Crippen LogP contribution in [0, 0.1) is 5.41 Å². The van der Waals surface area contributed by atoms with Gasteiger partial charge in [0.05, 0.1) is 0 Å². The standard InChI is InChI=1S/C18H20ClNO/c1-13-5-4-12-18(2,3)16(13)10-11-17(21)20-15-8-6-14(19)7-9-15/h4-11H,12H2,1-3H3,(H,20,21). The van der Waals surface area contributed by atoms with Gasteiger partial charge in [-0.15, -0.1) is 0 Å². The summed E-state index contributed by atoms with van der Waals surface area (Å²) in [5, 5.41) is 3.48. The van der Waals surface area contributed by atoms with Gasteiger partial charge in [0.1, 0.15) is 0 Å². The Bertz CT molecular complexity index is 621. The smallest absolute Gasteiger partial charge is 0.248 e. The fraction of sp³-hybridized carbons (Fsp3) is 0.278. The van der Waals surface area contributed by atoms with Crippen molar-refractivity contribution in [2.24, 2.45) is 5.41 Å². The van der Waals surface area contributed by atoms with Crippen LogP contribution in [0.4, 0.5) is 5.69 Å². The van der Waals surface area contributed by atoms with E-state index in [-0.39, 0.29) is 11.3 Å². The molecule has 0 aromatic heterocycles. The lowest BCUT2D eigenvalue weighted by Gasteiger charge is -2.29. The lowest BCUT2D eigenvalue weighted by Crippen LogP contribution is -2.17. The highest BCUT2D eigenvalue weighted by atomic mass is 35.5. The van der Waals surface area contributed by atoms with Crippen molar-refractivity contribution in [3.05, 3.63) is 64.7 Å². The third-order valence-electron chi connectivity index (χ3n) is 3.66. The van der Waals surface area contributed by atoms with Crippen LogP contribution in [-0.4, -0.2) is 5.91 Å². The molecule has 0 saturated carbocycles. The molecule has 0 aliphatic heterocycles. The molecule has 0 saturated heterocycles. The molecule has 0 heterocycles. The fourth-order valence-electron chi connectivity index (χ4n) is 2.50. The first-order valence-electron chi connectivity index (χ1n) is 7.01. The Kier molecular flexibility index (Phi) is 4.69. The van der Waals surface area contributed by atoms with Crippen molar-refractivity contribution < 1.29 is 4.79 Å². The molecule has 2 nitrogen and oxygen atoms in total. The van der Waals surface area contributed by atoms with Gasteiger partial charge < -0.3 is 5.32 Å². The van der Waals surface area contributed by atoms with Gasteiger partial charge in [-0.3, -0.25) is 4.79 Å². The number of anilines is 1. The van der Waals surface area contributed by atoms with Crippen molar-refractivity contribution in [3.63, 3.8) is 0 Å². The Labute approximate surface area is 131 Å². The van der Waals surface area contributed by atoms with Crippen LogP contribution < -0.4 is 5.32 Å². The van der Waals surface area contributed by atoms with Gasteiger partial charge in [-0.05, 0) is 54.2 Å². The number of benzene rings is 1. The summed E-state index contributed by atoms with van der Waals surface area (Å²) < 4.78 is 0. The summed E-state index contributed by atoms with van der Waals surface area (Å²) in [6.07, 6.45) is 8.80. The first kappa shape index (κ1) is 15.6. The van der Waals surface area contributed by atoms with Crippen molar-refractivity contribution in [3.8, 4) is 0 Å². The maximum absolute atomic E-state index is 12.0. The van der Waals surface area contributed by atoms with Gasteiger partial charge in [0.15, 0.2) is 0 Å². The summed E-state index contributed by atoms with van der Waals surface area (Å²) in [6, 6.07) is 7.07. The second kappa shape index (κ2) is 6.31. The number of hydrogen-bond acceptors (Lipinski definition) is 1. The Hall–Kier alpha value is -1.80. The molecule has 110 valence electrons. The van der Waals surface area contributed by atoms with Crippen molar-refractivity contribution in [1.29, 1.82) is 0 Å². The fourth-order valence-corrected chi connectivity index (χ4v) is 2.62. The number of amides is 1. The van der Waals surface area contributed by atoms with Crippen molar-refractivity contribution >= 4 is 23.2 Å². The highest BCUT2D eigenvalue weighted by Crippen LogP contribution is 2.37. The molecule has 1 aliphatic carbocycles. The Morgan fingerprint density at radius 2 is 1.95 bits per heavy atom. The van der Waals surface area contributed by atoms with Crippen LogP contribution in [0.15, 0.2) is 59.7 Å². The summed E-state index contributed by atoms with van der Waals surface area (Å²) in [4.78, 5) is 12.0. The molecular formula is C18H20ClNO. The minimum atomic E-state index is -0.136. The number of nitrogens with one attached hydrogen (secondary N) is 1. The molecule has 0 atom stereocenters. The lowest BCUT2D eigenvalue weighted by atomic mass is 9.75. The van der Waals surface area contributed by atoms with Crippen LogP contribution in [0.1, 0.15) is 27.2 Å². The molecule has 0 fully saturated rings. The maximum atomic E-state index is 12.0. The van der Waals surface area contributed by atoms with Crippen LogP contribution in [0.5, 0.6) is 0 Å². The minimum Gasteiger partial charge on any atom is -0.323 e. The third kappa shape index (κ3) is 4.08. The van der Waals surface area contributed by atoms with Gasteiger partial charge >= 0.3 is 0 Å². The van der Waals surface area contributed by atoms with Gasteiger partial charge in [-0.25, -0.2) is 0 Å². The van der Waals surface area contributed by atoms with Crippen LogP contribution in [0.3, 0.4) is 0 Å². The molecule has 1 aromatic carbocycles. The quantitative estimate of drug-likeness (QED) is 0.770. The van der Waals surface area contributed by atoms with Gasteiger partial charge in [-0.1, -0.05) is 43.7 Å². The molecule has 2 rings (SSSR count). The molecule has 21 heavy (non-hydrogen) atoms. The van der Waals surface area contributed by atoms with E-state index in [9.17, 15) is 4.79 Å². The number of halogens is 1. The molecule has 3 heteroatoms. The Morgan fingerprint density at radius 1 is 1.29 bits per heavy atom. The van der Waals surface area contributed by atoms with E-state index >= 15 is 0 Å². The number of carbonyl (C=O) groups excluding carboxylic acids is 1. The average molecular weight is 302 g/mol. The summed E-state index contributed by atoms with van der Waals surface area (Å²) >= 11 is 5.82. The maximum Gasteiger partial charge on any atom is 0.248 e. The summed E-state index contributed by atoms with van der Waals surface area (Å²) in [5.74, 6) is -0.136. The predicted octanol–water partition coefficient (Wildman–Crippen LogP) is 5.14. The highest BCUT2D eigenvalue weighted by Gasteiger charge is 2.24. The predicted molar refractivity (Wildman–Crippen MR) is 89.5 cm³/mol. The molecule has 1 amide bonds. The zero-order valence-electron chi connectivity index (χ0n) is 12.6. The zero-order chi connectivity index (χ0) is 15.5. The Morgan fingerprint density at radius 3 is 2.57 bits per heavy atom. The molecule has 0 spiro atoms. The number of rotatable bonds is 3. The second-order valence-corrected chi connectivity index (χ2v) is 6.35. The average Bonchev–Trinajstić information content (AvgIpc) is 2.40. The van der Waals surface area contributed by atoms with E-state index in [1.807, 2.05) is 6.08 Å². The van der Waals surface area contributed by atoms with Crippen LogP contribution in [0.2, 0.25) is 5.02 Å². The van der Waals surface area contributed by atoms with Crippen molar-refractivity contribution in [1.82, 2.24) is 0 Å². The molecule has 1 aliphatic rings. The van der Waals surface area contributed by atoms with Gasteiger partial charge in [0.25, 0.3) is 0 Å². The van der Waals surface area contributed by atoms with Crippen molar-refractivity contribution in [2.75, 3.05) is 5.32 Å².